The quantitative estimate of drug-likeness (QED) is 0.672. The molecule has 1 aliphatic rings. The lowest BCUT2D eigenvalue weighted by atomic mass is 10.1. The highest BCUT2D eigenvalue weighted by molar-refractivity contribution is 5.83. The first-order valence-electron chi connectivity index (χ1n) is 5.44. The molecule has 0 saturated heterocycles. The molecule has 0 amide bonds. The highest BCUT2D eigenvalue weighted by Gasteiger charge is 1.99. The molecule has 1 aromatic carbocycles. The number of fused-ring (bicyclic) bond motifs is 1. The highest BCUT2D eigenvalue weighted by Crippen LogP contribution is 2.19. The molecule has 0 radical (unpaired) electrons. The second kappa shape index (κ2) is 3.53. The minimum Gasteiger partial charge on any atom is -0.351 e. The first kappa shape index (κ1) is 9.22. The number of hydrogen-bond acceptors (Lipinski definition) is 0. The summed E-state index contributed by atoms with van der Waals surface area (Å²) >= 11 is 0. The predicted molar refractivity (Wildman–Crippen MR) is 69.2 cm³/mol. The molecule has 0 atom stereocenters. The lowest BCUT2D eigenvalue weighted by Gasteiger charge is -1.99. The van der Waals surface area contributed by atoms with Crippen molar-refractivity contribution in [2.24, 2.45) is 7.05 Å². The zero-order chi connectivity index (χ0) is 11.0. The minimum atomic E-state index is 1.25. The van der Waals surface area contributed by atoms with Crippen molar-refractivity contribution in [3.05, 3.63) is 65.9 Å². The molecule has 0 unspecified atom stereocenters. The van der Waals surface area contributed by atoms with Crippen molar-refractivity contribution in [2.75, 3.05) is 0 Å². The van der Waals surface area contributed by atoms with Gasteiger partial charge in [-0.05, 0) is 34.7 Å². The van der Waals surface area contributed by atoms with Crippen LogP contribution < -0.4 is 0 Å². The van der Waals surface area contributed by atoms with E-state index in [1.165, 1.54) is 22.0 Å². The first-order valence-corrected chi connectivity index (χ1v) is 5.44. The molecule has 0 fully saturated rings. The monoisotopic (exact) mass is 207 g/mol. The lowest BCUT2D eigenvalue weighted by Crippen LogP contribution is -1.84. The highest BCUT2D eigenvalue weighted by atomic mass is 14.9. The van der Waals surface area contributed by atoms with E-state index in [4.69, 9.17) is 0 Å². The molecule has 1 heteroatoms. The van der Waals surface area contributed by atoms with Gasteiger partial charge in [-0.2, -0.15) is 0 Å². The van der Waals surface area contributed by atoms with Crippen LogP contribution in [0.1, 0.15) is 5.56 Å². The minimum absolute atomic E-state index is 1.25. The van der Waals surface area contributed by atoms with Crippen LogP contribution >= 0.6 is 0 Å². The van der Waals surface area contributed by atoms with Gasteiger partial charge in [-0.1, -0.05) is 36.4 Å². The van der Waals surface area contributed by atoms with Gasteiger partial charge in [-0.25, -0.2) is 0 Å². The molecule has 1 nitrogen and oxygen atoms in total. The number of aryl methyl sites for hydroxylation is 1. The van der Waals surface area contributed by atoms with Crippen LogP contribution in [0.25, 0.3) is 17.0 Å². The SMILES string of the molecule is Cn1ccc2ccc(C=C3C=CC=C3)cc21. The maximum Gasteiger partial charge on any atom is 0.0483 e. The van der Waals surface area contributed by atoms with Gasteiger partial charge in [-0.15, -0.1) is 0 Å². The predicted octanol–water partition coefficient (Wildman–Crippen LogP) is 3.69. The molecule has 0 aliphatic heterocycles. The van der Waals surface area contributed by atoms with Crippen LogP contribution in [0, 0.1) is 0 Å². The van der Waals surface area contributed by atoms with Gasteiger partial charge >= 0.3 is 0 Å². The van der Waals surface area contributed by atoms with Crippen molar-refractivity contribution in [2.45, 2.75) is 0 Å². The fourth-order valence-electron chi connectivity index (χ4n) is 2.05. The van der Waals surface area contributed by atoms with Crippen molar-refractivity contribution in [1.29, 1.82) is 0 Å². The maximum absolute atomic E-state index is 2.22. The van der Waals surface area contributed by atoms with Crippen LogP contribution in [0.15, 0.2) is 60.3 Å². The number of nitrogens with zero attached hydrogens (tertiary/aromatic N) is 1. The van der Waals surface area contributed by atoms with E-state index in [0.29, 0.717) is 0 Å². The van der Waals surface area contributed by atoms with Crippen molar-refractivity contribution in [3.8, 4) is 0 Å². The third-order valence-electron chi connectivity index (χ3n) is 2.93. The summed E-state index contributed by atoms with van der Waals surface area (Å²) in [6.07, 6.45) is 12.7. The Morgan fingerprint density at radius 2 is 1.88 bits per heavy atom. The van der Waals surface area contributed by atoms with Crippen LogP contribution in [0.5, 0.6) is 0 Å². The third kappa shape index (κ3) is 1.50. The number of rotatable bonds is 1. The van der Waals surface area contributed by atoms with Gasteiger partial charge in [0.05, 0.1) is 0 Å². The van der Waals surface area contributed by atoms with Gasteiger partial charge in [-0.3, -0.25) is 0 Å². The summed E-state index contributed by atoms with van der Waals surface area (Å²) < 4.78 is 2.15. The maximum atomic E-state index is 2.22. The van der Waals surface area contributed by atoms with E-state index >= 15 is 0 Å². The summed E-state index contributed by atoms with van der Waals surface area (Å²) in [5.41, 5.74) is 3.79. The van der Waals surface area contributed by atoms with Crippen LogP contribution in [0.3, 0.4) is 0 Å². The fraction of sp³-hybridized carbons (Fsp3) is 0.0667. The smallest absolute Gasteiger partial charge is 0.0483 e. The molecule has 0 saturated carbocycles. The number of allylic oxidation sites excluding steroid dienone is 5. The van der Waals surface area contributed by atoms with Gasteiger partial charge in [0.25, 0.3) is 0 Å². The third-order valence-corrected chi connectivity index (χ3v) is 2.93. The Kier molecular flexibility index (Phi) is 2.03. The Labute approximate surface area is 95.0 Å². The van der Waals surface area contributed by atoms with E-state index in [0.717, 1.165) is 0 Å². The molecular weight excluding hydrogens is 194 g/mol. The molecule has 2 aromatic rings. The summed E-state index contributed by atoms with van der Waals surface area (Å²) in [5, 5.41) is 1.29. The number of benzene rings is 1. The average Bonchev–Trinajstić information content (AvgIpc) is 2.90. The number of aromatic nitrogens is 1. The Balaban J connectivity index is 2.11. The zero-order valence-electron chi connectivity index (χ0n) is 9.22. The molecule has 0 bridgehead atoms. The Bertz CT molecular complexity index is 610. The van der Waals surface area contributed by atoms with E-state index in [1.807, 2.05) is 0 Å². The van der Waals surface area contributed by atoms with Gasteiger partial charge in [0, 0.05) is 18.8 Å². The summed E-state index contributed by atoms with van der Waals surface area (Å²) in [5.74, 6) is 0. The van der Waals surface area contributed by atoms with Crippen molar-refractivity contribution >= 4 is 17.0 Å². The second-order valence-corrected chi connectivity index (χ2v) is 4.11. The summed E-state index contributed by atoms with van der Waals surface area (Å²) in [6.45, 7) is 0. The molecule has 16 heavy (non-hydrogen) atoms. The molecule has 1 heterocycles. The second-order valence-electron chi connectivity index (χ2n) is 4.11. The van der Waals surface area contributed by atoms with Gasteiger partial charge < -0.3 is 4.57 Å². The Morgan fingerprint density at radius 3 is 2.69 bits per heavy atom. The average molecular weight is 207 g/mol. The fourth-order valence-corrected chi connectivity index (χ4v) is 2.05. The van der Waals surface area contributed by atoms with Crippen LogP contribution in [-0.2, 0) is 7.05 Å². The molecule has 0 spiro atoms. The van der Waals surface area contributed by atoms with Gasteiger partial charge in [0.2, 0.25) is 0 Å². The van der Waals surface area contributed by atoms with E-state index in [1.54, 1.807) is 0 Å². The summed E-state index contributed by atoms with van der Waals surface area (Å²) in [6, 6.07) is 8.70. The van der Waals surface area contributed by atoms with E-state index in [2.05, 4.69) is 72.5 Å². The van der Waals surface area contributed by atoms with E-state index < -0.39 is 0 Å². The van der Waals surface area contributed by atoms with E-state index in [-0.39, 0.29) is 0 Å². The van der Waals surface area contributed by atoms with Crippen molar-refractivity contribution in [3.63, 3.8) is 0 Å². The van der Waals surface area contributed by atoms with Gasteiger partial charge in [0.15, 0.2) is 0 Å². The topological polar surface area (TPSA) is 4.93 Å². The number of hydrogen-bond donors (Lipinski definition) is 0. The van der Waals surface area contributed by atoms with Crippen LogP contribution in [-0.4, -0.2) is 4.57 Å². The Morgan fingerprint density at radius 1 is 1.06 bits per heavy atom. The molecular formula is C15H13N. The Hall–Kier alpha value is -2.02. The standard InChI is InChI=1S/C15H13N/c1-16-9-8-14-7-6-13(11-15(14)16)10-12-4-2-3-5-12/h2-11H,1H3. The molecule has 78 valence electrons. The first-order chi connectivity index (χ1) is 7.83. The van der Waals surface area contributed by atoms with Crippen LogP contribution in [0.2, 0.25) is 0 Å². The normalized spacial score (nSPS) is 13.9. The molecule has 0 N–H and O–H groups in total. The van der Waals surface area contributed by atoms with Gasteiger partial charge in [0.1, 0.15) is 0 Å². The molecule has 1 aliphatic carbocycles. The molecule has 1 aromatic heterocycles. The zero-order valence-corrected chi connectivity index (χ0v) is 9.22. The summed E-state index contributed by atoms with van der Waals surface area (Å²) in [4.78, 5) is 0. The van der Waals surface area contributed by atoms with Crippen LogP contribution in [0.4, 0.5) is 0 Å². The van der Waals surface area contributed by atoms with Crippen molar-refractivity contribution < 1.29 is 0 Å². The van der Waals surface area contributed by atoms with E-state index in [9.17, 15) is 0 Å². The summed E-state index contributed by atoms with van der Waals surface area (Å²) in [7, 11) is 2.08. The van der Waals surface area contributed by atoms with Crippen molar-refractivity contribution in [1.82, 2.24) is 4.57 Å². The molecule has 3 rings (SSSR count). The largest absolute Gasteiger partial charge is 0.351 e. The lowest BCUT2D eigenvalue weighted by molar-refractivity contribution is 0.969.